The molecule has 1 aliphatic carbocycles. The molecule has 1 aliphatic rings. The average Bonchev–Trinajstić information content (AvgIpc) is 2.28. The second-order valence-corrected chi connectivity index (χ2v) is 4.28. The van der Waals surface area contributed by atoms with Crippen molar-refractivity contribution in [3.8, 4) is 0 Å². The summed E-state index contributed by atoms with van der Waals surface area (Å²) in [4.78, 5) is 0. The van der Waals surface area contributed by atoms with Gasteiger partial charge in [0.15, 0.2) is 0 Å². The topological polar surface area (TPSA) is 20.2 Å². The Balaban J connectivity index is 2.12. The third-order valence-electron chi connectivity index (χ3n) is 2.97. The van der Waals surface area contributed by atoms with Gasteiger partial charge in [0.05, 0.1) is 6.10 Å². The van der Waals surface area contributed by atoms with Crippen molar-refractivity contribution in [2.45, 2.75) is 64.4 Å². The molecule has 1 nitrogen and oxygen atoms in total. The minimum atomic E-state index is -0.0896. The van der Waals surface area contributed by atoms with Gasteiger partial charge in [-0.15, -0.1) is 0 Å². The van der Waals surface area contributed by atoms with Gasteiger partial charge in [0.2, 0.25) is 0 Å². The van der Waals surface area contributed by atoms with Crippen molar-refractivity contribution in [2.75, 3.05) is 0 Å². The van der Waals surface area contributed by atoms with Crippen LogP contribution in [0, 0.1) is 5.92 Å². The highest BCUT2D eigenvalue weighted by molar-refractivity contribution is 4.65. The molecule has 0 heterocycles. The zero-order valence-electron chi connectivity index (χ0n) is 8.26. The van der Waals surface area contributed by atoms with Gasteiger partial charge in [0.25, 0.3) is 0 Å². The summed E-state index contributed by atoms with van der Waals surface area (Å²) in [6.07, 6.45) is 10.7. The second-order valence-electron chi connectivity index (χ2n) is 4.28. The molecule has 12 heavy (non-hydrogen) atoms. The molecular weight excluding hydrogens is 148 g/mol. The quantitative estimate of drug-likeness (QED) is 0.645. The van der Waals surface area contributed by atoms with Gasteiger partial charge in [-0.25, -0.2) is 0 Å². The standard InChI is InChI=1S/C11H22O/c1-10(12)8-9-11-6-4-2-3-5-7-11/h10-12H,2-9H2,1H3/t10-/m1/s1. The molecule has 72 valence electrons. The van der Waals surface area contributed by atoms with Gasteiger partial charge < -0.3 is 5.11 Å². The number of hydrogen-bond acceptors (Lipinski definition) is 1. The number of hydrogen-bond donors (Lipinski definition) is 1. The van der Waals surface area contributed by atoms with E-state index in [4.69, 9.17) is 5.11 Å². The number of rotatable bonds is 3. The Hall–Kier alpha value is -0.0400. The van der Waals surface area contributed by atoms with Gasteiger partial charge in [-0.2, -0.15) is 0 Å². The zero-order valence-corrected chi connectivity index (χ0v) is 8.26. The average molecular weight is 170 g/mol. The van der Waals surface area contributed by atoms with Gasteiger partial charge in [-0.1, -0.05) is 38.5 Å². The molecule has 1 rings (SSSR count). The Morgan fingerprint density at radius 3 is 2.25 bits per heavy atom. The minimum absolute atomic E-state index is 0.0896. The number of aliphatic hydroxyl groups excluding tert-OH is 1. The Labute approximate surface area is 76.2 Å². The maximum atomic E-state index is 9.15. The van der Waals surface area contributed by atoms with Crippen LogP contribution in [0.25, 0.3) is 0 Å². The molecule has 1 saturated carbocycles. The van der Waals surface area contributed by atoms with Gasteiger partial charge in [0, 0.05) is 0 Å². The van der Waals surface area contributed by atoms with Crippen LogP contribution in [0.1, 0.15) is 58.3 Å². The second kappa shape index (κ2) is 5.58. The summed E-state index contributed by atoms with van der Waals surface area (Å²) in [5.74, 6) is 0.919. The molecule has 0 aromatic carbocycles. The molecule has 0 bridgehead atoms. The highest BCUT2D eigenvalue weighted by Gasteiger charge is 2.12. The molecule has 1 N–H and O–H groups in total. The van der Waals surface area contributed by atoms with Gasteiger partial charge in [0.1, 0.15) is 0 Å². The van der Waals surface area contributed by atoms with Crippen LogP contribution in [0.2, 0.25) is 0 Å². The maximum Gasteiger partial charge on any atom is 0.0512 e. The summed E-state index contributed by atoms with van der Waals surface area (Å²) >= 11 is 0. The summed E-state index contributed by atoms with van der Waals surface area (Å²) in [7, 11) is 0. The van der Waals surface area contributed by atoms with Gasteiger partial charge in [-0.05, 0) is 25.7 Å². The molecule has 0 aromatic rings. The van der Waals surface area contributed by atoms with Crippen molar-refractivity contribution in [2.24, 2.45) is 5.92 Å². The summed E-state index contributed by atoms with van der Waals surface area (Å²) in [6, 6.07) is 0. The van der Waals surface area contributed by atoms with Crippen LogP contribution in [0.3, 0.4) is 0 Å². The lowest BCUT2D eigenvalue weighted by molar-refractivity contribution is 0.171. The van der Waals surface area contributed by atoms with Crippen molar-refractivity contribution in [1.82, 2.24) is 0 Å². The van der Waals surface area contributed by atoms with E-state index in [0.717, 1.165) is 12.3 Å². The van der Waals surface area contributed by atoms with Crippen LogP contribution in [0.15, 0.2) is 0 Å². The third kappa shape index (κ3) is 4.10. The Bertz CT molecular complexity index is 102. The summed E-state index contributed by atoms with van der Waals surface area (Å²) < 4.78 is 0. The van der Waals surface area contributed by atoms with E-state index < -0.39 is 0 Å². The molecule has 0 radical (unpaired) electrons. The highest BCUT2D eigenvalue weighted by atomic mass is 16.3. The molecule has 1 atom stereocenters. The Kier molecular flexibility index (Phi) is 4.67. The smallest absolute Gasteiger partial charge is 0.0512 e. The van der Waals surface area contributed by atoms with E-state index >= 15 is 0 Å². The minimum Gasteiger partial charge on any atom is -0.393 e. The van der Waals surface area contributed by atoms with E-state index in [0.29, 0.717) is 0 Å². The normalized spacial score (nSPS) is 23.5. The molecule has 1 heteroatoms. The fourth-order valence-electron chi connectivity index (χ4n) is 2.13. The van der Waals surface area contributed by atoms with Crippen LogP contribution in [-0.4, -0.2) is 11.2 Å². The van der Waals surface area contributed by atoms with Crippen LogP contribution >= 0.6 is 0 Å². The molecule has 0 saturated heterocycles. The van der Waals surface area contributed by atoms with Crippen LogP contribution in [0.5, 0.6) is 0 Å². The SMILES string of the molecule is C[C@@H](O)CCC1CCCCCC1. The van der Waals surface area contributed by atoms with E-state index in [9.17, 15) is 0 Å². The van der Waals surface area contributed by atoms with E-state index in [2.05, 4.69) is 0 Å². The molecule has 1 fully saturated rings. The Morgan fingerprint density at radius 1 is 1.17 bits per heavy atom. The highest BCUT2D eigenvalue weighted by Crippen LogP contribution is 2.26. The van der Waals surface area contributed by atoms with Crippen molar-refractivity contribution < 1.29 is 5.11 Å². The first-order chi connectivity index (χ1) is 5.79. The fraction of sp³-hybridized carbons (Fsp3) is 1.00. The summed E-state index contributed by atoms with van der Waals surface area (Å²) in [6.45, 7) is 1.90. The van der Waals surface area contributed by atoms with Crippen LogP contribution in [-0.2, 0) is 0 Å². The number of aliphatic hydroxyl groups is 1. The lowest BCUT2D eigenvalue weighted by Crippen LogP contribution is -2.05. The molecule has 0 aromatic heterocycles. The first kappa shape index (κ1) is 10.0. The first-order valence-corrected chi connectivity index (χ1v) is 5.47. The van der Waals surface area contributed by atoms with E-state index in [1.807, 2.05) is 6.92 Å². The predicted octanol–water partition coefficient (Wildman–Crippen LogP) is 3.12. The lowest BCUT2D eigenvalue weighted by Gasteiger charge is -2.14. The summed E-state index contributed by atoms with van der Waals surface area (Å²) in [5.41, 5.74) is 0. The first-order valence-electron chi connectivity index (χ1n) is 5.47. The lowest BCUT2D eigenvalue weighted by atomic mass is 9.94. The third-order valence-corrected chi connectivity index (χ3v) is 2.97. The van der Waals surface area contributed by atoms with Gasteiger partial charge >= 0.3 is 0 Å². The largest absolute Gasteiger partial charge is 0.393 e. The zero-order chi connectivity index (χ0) is 8.81. The Morgan fingerprint density at radius 2 is 1.75 bits per heavy atom. The molecule has 0 spiro atoms. The molecule has 0 aliphatic heterocycles. The molecule has 0 amide bonds. The van der Waals surface area contributed by atoms with Crippen molar-refractivity contribution >= 4 is 0 Å². The van der Waals surface area contributed by atoms with Crippen LogP contribution < -0.4 is 0 Å². The van der Waals surface area contributed by atoms with E-state index in [1.54, 1.807) is 0 Å². The fourth-order valence-corrected chi connectivity index (χ4v) is 2.13. The molecular formula is C11H22O. The monoisotopic (exact) mass is 170 g/mol. The van der Waals surface area contributed by atoms with Crippen LogP contribution in [0.4, 0.5) is 0 Å². The predicted molar refractivity (Wildman–Crippen MR) is 52.1 cm³/mol. The maximum absolute atomic E-state index is 9.15. The van der Waals surface area contributed by atoms with Crippen molar-refractivity contribution in [3.05, 3.63) is 0 Å². The van der Waals surface area contributed by atoms with E-state index in [1.165, 1.54) is 44.9 Å². The van der Waals surface area contributed by atoms with E-state index in [-0.39, 0.29) is 6.10 Å². The molecule has 0 unspecified atom stereocenters. The van der Waals surface area contributed by atoms with Crippen molar-refractivity contribution in [3.63, 3.8) is 0 Å². The van der Waals surface area contributed by atoms with Gasteiger partial charge in [-0.3, -0.25) is 0 Å². The summed E-state index contributed by atoms with van der Waals surface area (Å²) in [5, 5.41) is 9.15. The van der Waals surface area contributed by atoms with Crippen molar-refractivity contribution in [1.29, 1.82) is 0 Å².